The van der Waals surface area contributed by atoms with E-state index in [9.17, 15) is 18.0 Å². The van der Waals surface area contributed by atoms with Gasteiger partial charge in [-0.25, -0.2) is 14.3 Å². The van der Waals surface area contributed by atoms with Crippen LogP contribution in [-0.4, -0.2) is 43.4 Å². The Morgan fingerprint density at radius 2 is 1.97 bits per heavy atom. The van der Waals surface area contributed by atoms with Gasteiger partial charge in [0.25, 0.3) is 5.89 Å². The van der Waals surface area contributed by atoms with Crippen molar-refractivity contribution >= 4 is 34.8 Å². The summed E-state index contributed by atoms with van der Waals surface area (Å²) in [4.78, 5) is 20.1. The number of nitrogens with zero attached hydrogens (tertiary/aromatic N) is 5. The van der Waals surface area contributed by atoms with Gasteiger partial charge in [0.2, 0.25) is 5.82 Å². The summed E-state index contributed by atoms with van der Waals surface area (Å²) in [6.45, 7) is 3.37. The molecule has 3 heterocycles. The van der Waals surface area contributed by atoms with E-state index in [1.807, 2.05) is 0 Å². The molecule has 34 heavy (non-hydrogen) atoms. The van der Waals surface area contributed by atoms with Crippen LogP contribution >= 0.6 is 23.2 Å². The summed E-state index contributed by atoms with van der Waals surface area (Å²) in [5, 5.41) is 7.61. The number of benzene rings is 1. The van der Waals surface area contributed by atoms with E-state index in [1.165, 1.54) is 31.3 Å². The van der Waals surface area contributed by atoms with Crippen LogP contribution in [0.5, 0.6) is 5.75 Å². The van der Waals surface area contributed by atoms with Crippen molar-refractivity contribution in [3.8, 4) is 28.7 Å². The van der Waals surface area contributed by atoms with Crippen molar-refractivity contribution in [3.05, 3.63) is 46.2 Å². The fourth-order valence-electron chi connectivity index (χ4n) is 2.86. The topological polar surface area (TPSA) is 105 Å². The van der Waals surface area contributed by atoms with Crippen LogP contribution in [0, 0.1) is 0 Å². The molecule has 0 N–H and O–H groups in total. The van der Waals surface area contributed by atoms with Gasteiger partial charge in [-0.2, -0.15) is 23.3 Å². The minimum absolute atomic E-state index is 0.0490. The smallest absolute Gasteiger partial charge is 0.435 e. The van der Waals surface area contributed by atoms with E-state index in [1.54, 1.807) is 6.92 Å². The molecular weight excluding hydrogens is 502 g/mol. The quantitative estimate of drug-likeness (QED) is 0.326. The Hall–Kier alpha value is -3.38. The highest BCUT2D eigenvalue weighted by atomic mass is 35.5. The van der Waals surface area contributed by atoms with Crippen molar-refractivity contribution in [1.29, 1.82) is 0 Å². The third-order valence-electron chi connectivity index (χ3n) is 4.44. The largest absolute Gasteiger partial charge is 0.477 e. The highest BCUT2D eigenvalue weighted by Gasteiger charge is 2.33. The molecule has 9 nitrogen and oxygen atoms in total. The van der Waals surface area contributed by atoms with Gasteiger partial charge in [-0.1, -0.05) is 28.4 Å². The maximum absolute atomic E-state index is 12.9. The van der Waals surface area contributed by atoms with Crippen molar-refractivity contribution in [2.75, 3.05) is 6.61 Å². The zero-order chi connectivity index (χ0) is 24.6. The molecule has 0 fully saturated rings. The van der Waals surface area contributed by atoms with Gasteiger partial charge in [-0.3, -0.25) is 0 Å². The summed E-state index contributed by atoms with van der Waals surface area (Å²) in [6.07, 6.45) is -4.29. The van der Waals surface area contributed by atoms with Gasteiger partial charge in [-0.15, -0.1) is 0 Å². The van der Waals surface area contributed by atoms with Crippen LogP contribution in [0.3, 0.4) is 0 Å². The maximum Gasteiger partial charge on any atom is 0.435 e. The summed E-state index contributed by atoms with van der Waals surface area (Å²) in [6, 6.07) is 4.80. The normalized spacial score (nSPS) is 12.7. The lowest BCUT2D eigenvalue weighted by Gasteiger charge is -2.15. The van der Waals surface area contributed by atoms with Crippen LogP contribution in [0.2, 0.25) is 10.0 Å². The molecule has 0 saturated carbocycles. The summed E-state index contributed by atoms with van der Waals surface area (Å²) in [5.41, 5.74) is -0.521. The van der Waals surface area contributed by atoms with Crippen molar-refractivity contribution in [1.82, 2.24) is 24.7 Å². The number of aromatic nitrogens is 5. The molecule has 14 heteroatoms. The average Bonchev–Trinajstić information content (AvgIpc) is 3.42. The highest BCUT2D eigenvalue weighted by molar-refractivity contribution is 6.36. The van der Waals surface area contributed by atoms with Crippen LogP contribution in [0.1, 0.15) is 19.5 Å². The Morgan fingerprint density at radius 3 is 2.68 bits per heavy atom. The average molecular weight is 516 g/mol. The highest BCUT2D eigenvalue weighted by Crippen LogP contribution is 2.37. The number of hydrogen-bond donors (Lipinski definition) is 0. The number of carbonyl (C=O) groups excluding carboxylic acids is 1. The zero-order valence-electron chi connectivity index (χ0n) is 17.4. The number of rotatable bonds is 6. The molecule has 0 spiro atoms. The van der Waals surface area contributed by atoms with Gasteiger partial charge in [0.1, 0.15) is 11.4 Å². The molecule has 1 atom stereocenters. The van der Waals surface area contributed by atoms with Crippen LogP contribution in [0.15, 0.2) is 35.0 Å². The molecular formula is C20H14Cl2F3N5O4. The van der Waals surface area contributed by atoms with Gasteiger partial charge in [0.15, 0.2) is 17.4 Å². The second-order valence-electron chi connectivity index (χ2n) is 6.84. The molecule has 0 aliphatic carbocycles. The lowest BCUT2D eigenvalue weighted by atomic mass is 10.2. The molecule has 1 aromatic carbocycles. The molecule has 178 valence electrons. The lowest BCUT2D eigenvalue weighted by Crippen LogP contribution is -2.26. The second-order valence-corrected chi connectivity index (χ2v) is 7.66. The lowest BCUT2D eigenvalue weighted by molar-refractivity contribution is -0.150. The minimum atomic E-state index is -4.60. The van der Waals surface area contributed by atoms with E-state index in [-0.39, 0.29) is 45.5 Å². The first-order valence-electron chi connectivity index (χ1n) is 9.67. The molecule has 0 bridgehead atoms. The zero-order valence-corrected chi connectivity index (χ0v) is 18.9. The summed E-state index contributed by atoms with van der Waals surface area (Å²) in [7, 11) is 0. The van der Waals surface area contributed by atoms with E-state index in [2.05, 4.69) is 20.2 Å². The fraction of sp³-hybridized carbons (Fsp3) is 0.250. The number of halogens is 5. The van der Waals surface area contributed by atoms with Crippen LogP contribution in [-0.2, 0) is 15.7 Å². The van der Waals surface area contributed by atoms with Gasteiger partial charge >= 0.3 is 12.1 Å². The van der Waals surface area contributed by atoms with Gasteiger partial charge in [0.05, 0.1) is 22.8 Å². The summed E-state index contributed by atoms with van der Waals surface area (Å²) in [5.74, 6) is -0.442. The molecule has 0 aliphatic rings. The minimum Gasteiger partial charge on any atom is -0.477 e. The molecule has 0 aliphatic heterocycles. The Balaban J connectivity index is 1.60. The van der Waals surface area contributed by atoms with Crippen LogP contribution in [0.25, 0.3) is 28.6 Å². The number of carbonyl (C=O) groups is 1. The number of hydrogen-bond acceptors (Lipinski definition) is 8. The van der Waals surface area contributed by atoms with Crippen LogP contribution < -0.4 is 4.74 Å². The van der Waals surface area contributed by atoms with Gasteiger partial charge in [0, 0.05) is 11.6 Å². The Morgan fingerprint density at radius 1 is 1.21 bits per heavy atom. The van der Waals surface area contributed by atoms with Crippen LogP contribution in [0.4, 0.5) is 13.2 Å². The van der Waals surface area contributed by atoms with E-state index in [4.69, 9.17) is 37.2 Å². The second kappa shape index (κ2) is 9.11. The molecule has 1 unspecified atom stereocenters. The standard InChI is InChI=1S/C20H14Cl2F3N5O4/c1-3-32-19(31)9(2)33-14-7-11(21)10(6-12(14)22)17-27-18(34-29-17)13-8-30-16(26-13)5-4-15(28-30)20(23,24)25/h4-9H,3H2,1-2H3. The molecule has 0 radical (unpaired) electrons. The predicted molar refractivity (Wildman–Crippen MR) is 113 cm³/mol. The van der Waals surface area contributed by atoms with Gasteiger partial charge < -0.3 is 14.0 Å². The number of imidazole rings is 1. The van der Waals surface area contributed by atoms with E-state index < -0.39 is 23.9 Å². The number of esters is 1. The fourth-order valence-corrected chi connectivity index (χ4v) is 3.31. The van der Waals surface area contributed by atoms with Crippen molar-refractivity contribution in [2.45, 2.75) is 26.1 Å². The number of fused-ring (bicyclic) bond motifs is 1. The SMILES string of the molecule is CCOC(=O)C(C)Oc1cc(Cl)c(-c2noc(-c3cn4nc(C(F)(F)F)ccc4n3)n2)cc1Cl. The first-order valence-corrected chi connectivity index (χ1v) is 10.4. The van der Waals surface area contributed by atoms with Crippen molar-refractivity contribution in [2.24, 2.45) is 0 Å². The number of ether oxygens (including phenoxy) is 2. The number of alkyl halides is 3. The third kappa shape index (κ3) is 4.77. The van der Waals surface area contributed by atoms with Crippen molar-refractivity contribution < 1.29 is 32.0 Å². The molecule has 0 saturated heterocycles. The molecule has 3 aromatic heterocycles. The molecule has 0 amide bonds. The Labute approximate surface area is 199 Å². The van der Waals surface area contributed by atoms with Crippen molar-refractivity contribution in [3.63, 3.8) is 0 Å². The molecule has 4 aromatic rings. The third-order valence-corrected chi connectivity index (χ3v) is 5.05. The van der Waals surface area contributed by atoms with Gasteiger partial charge in [-0.05, 0) is 32.0 Å². The predicted octanol–water partition coefficient (Wildman–Crippen LogP) is 5.10. The molecule has 4 rings (SSSR count). The first kappa shape index (κ1) is 23.8. The first-order chi connectivity index (χ1) is 16.1. The van der Waals surface area contributed by atoms with E-state index >= 15 is 0 Å². The van der Waals surface area contributed by atoms with E-state index in [0.29, 0.717) is 5.56 Å². The Kier molecular flexibility index (Phi) is 6.36. The monoisotopic (exact) mass is 515 g/mol. The maximum atomic E-state index is 12.9. The van der Waals surface area contributed by atoms with E-state index in [0.717, 1.165) is 10.6 Å². The Bertz CT molecular complexity index is 1370. The summed E-state index contributed by atoms with van der Waals surface area (Å²) < 4.78 is 55.2. The summed E-state index contributed by atoms with van der Waals surface area (Å²) >= 11 is 12.6.